The molecule has 1 aliphatic heterocycles. The van der Waals surface area contributed by atoms with Crippen LogP contribution in [0.25, 0.3) is 0 Å². The summed E-state index contributed by atoms with van der Waals surface area (Å²) >= 11 is 1.81. The Morgan fingerprint density at radius 3 is 2.90 bits per heavy atom. The van der Waals surface area contributed by atoms with Gasteiger partial charge in [-0.15, -0.1) is 11.8 Å². The Balaban J connectivity index is 2.39. The van der Waals surface area contributed by atoms with Crippen molar-refractivity contribution in [3.8, 4) is 0 Å². The minimum Gasteiger partial charge on any atom is -0.464 e. The molecule has 0 saturated carbocycles. The quantitative estimate of drug-likeness (QED) is 0.846. The molecule has 1 atom stereocenters. The number of thioether (sulfide) groups is 1. The third kappa shape index (κ3) is 3.01. The average molecular weight is 293 g/mol. The normalized spacial score (nSPS) is 21.6. The van der Waals surface area contributed by atoms with Crippen molar-refractivity contribution in [1.29, 1.82) is 0 Å². The zero-order valence-corrected chi connectivity index (χ0v) is 13.3. The molecule has 0 aromatic heterocycles. The molecule has 1 aliphatic rings. The predicted octanol–water partition coefficient (Wildman–Crippen LogP) is 3.19. The Hall–Kier alpha value is -1.00. The van der Waals surface area contributed by atoms with Crippen LogP contribution in [-0.2, 0) is 15.1 Å². The summed E-state index contributed by atoms with van der Waals surface area (Å²) in [5.41, 5.74) is 0.387. The van der Waals surface area contributed by atoms with Crippen molar-refractivity contribution in [2.75, 3.05) is 18.9 Å². The van der Waals surface area contributed by atoms with Crippen LogP contribution in [0.5, 0.6) is 0 Å². The van der Waals surface area contributed by atoms with Gasteiger partial charge in [0.15, 0.2) is 0 Å². The van der Waals surface area contributed by atoms with Gasteiger partial charge in [-0.3, -0.25) is 5.32 Å². The predicted molar refractivity (Wildman–Crippen MR) is 82.9 cm³/mol. The van der Waals surface area contributed by atoms with Crippen molar-refractivity contribution in [3.63, 3.8) is 0 Å². The molecule has 0 radical (unpaired) electrons. The van der Waals surface area contributed by atoms with Crippen LogP contribution in [0.1, 0.15) is 32.8 Å². The van der Waals surface area contributed by atoms with Crippen molar-refractivity contribution in [2.45, 2.75) is 37.6 Å². The molecule has 0 spiro atoms. The molecule has 0 bridgehead atoms. The molecule has 0 fully saturated rings. The first-order chi connectivity index (χ1) is 9.60. The molecule has 1 N–H and O–H groups in total. The number of hydrogen-bond donors (Lipinski definition) is 1. The highest BCUT2D eigenvalue weighted by Crippen LogP contribution is 2.41. The summed E-state index contributed by atoms with van der Waals surface area (Å²) < 4.78 is 5.36. The summed E-state index contributed by atoms with van der Waals surface area (Å²) in [5.74, 6) is 1.28. The van der Waals surface area contributed by atoms with Crippen LogP contribution >= 0.6 is 11.8 Å². The fraction of sp³-hybridized carbons (Fsp3) is 0.562. The molecule has 1 unspecified atom stereocenters. The molecular weight excluding hydrogens is 270 g/mol. The van der Waals surface area contributed by atoms with Crippen LogP contribution in [0.15, 0.2) is 29.2 Å². The largest absolute Gasteiger partial charge is 0.464 e. The first-order valence-electron chi connectivity index (χ1n) is 7.24. The van der Waals surface area contributed by atoms with Gasteiger partial charge >= 0.3 is 5.97 Å². The van der Waals surface area contributed by atoms with E-state index in [0.717, 1.165) is 24.3 Å². The van der Waals surface area contributed by atoms with Crippen molar-refractivity contribution < 1.29 is 9.53 Å². The van der Waals surface area contributed by atoms with Crippen LogP contribution in [0.3, 0.4) is 0 Å². The molecule has 4 heteroatoms. The molecule has 110 valence electrons. The van der Waals surface area contributed by atoms with Crippen molar-refractivity contribution in [3.05, 3.63) is 29.8 Å². The maximum Gasteiger partial charge on any atom is 0.331 e. The van der Waals surface area contributed by atoms with E-state index in [2.05, 4.69) is 25.2 Å². The number of rotatable bonds is 5. The molecule has 0 saturated heterocycles. The average Bonchev–Trinajstić information content (AvgIpc) is 2.45. The zero-order chi connectivity index (χ0) is 14.6. The molecule has 3 nitrogen and oxygen atoms in total. The molecule has 20 heavy (non-hydrogen) atoms. The van der Waals surface area contributed by atoms with Gasteiger partial charge in [-0.05, 0) is 37.4 Å². The number of carbonyl (C=O) groups is 1. The highest BCUT2D eigenvalue weighted by atomic mass is 32.2. The van der Waals surface area contributed by atoms with Crippen LogP contribution in [0, 0.1) is 5.92 Å². The fourth-order valence-corrected chi connectivity index (χ4v) is 3.70. The summed E-state index contributed by atoms with van der Waals surface area (Å²) in [6.45, 7) is 7.37. The van der Waals surface area contributed by atoms with E-state index in [4.69, 9.17) is 4.74 Å². The lowest BCUT2D eigenvalue weighted by Crippen LogP contribution is -2.53. The summed E-state index contributed by atoms with van der Waals surface area (Å²) in [4.78, 5) is 13.8. The van der Waals surface area contributed by atoms with E-state index in [9.17, 15) is 4.79 Å². The van der Waals surface area contributed by atoms with Gasteiger partial charge in [0.25, 0.3) is 0 Å². The Kier molecular flexibility index (Phi) is 5.11. The van der Waals surface area contributed by atoms with Crippen molar-refractivity contribution in [1.82, 2.24) is 5.32 Å². The van der Waals surface area contributed by atoms with E-state index in [-0.39, 0.29) is 5.97 Å². The summed E-state index contributed by atoms with van der Waals surface area (Å²) in [5, 5.41) is 3.49. The molecule has 0 aliphatic carbocycles. The van der Waals surface area contributed by atoms with Gasteiger partial charge in [-0.1, -0.05) is 32.0 Å². The Bertz CT molecular complexity index is 475. The van der Waals surface area contributed by atoms with Gasteiger partial charge in [-0.25, -0.2) is 4.79 Å². The van der Waals surface area contributed by atoms with Gasteiger partial charge in [-0.2, -0.15) is 0 Å². The van der Waals surface area contributed by atoms with Crippen molar-refractivity contribution >= 4 is 17.7 Å². The number of carbonyl (C=O) groups excluding carboxylic acids is 1. The van der Waals surface area contributed by atoms with Crippen LogP contribution in [0.2, 0.25) is 0 Å². The van der Waals surface area contributed by atoms with Gasteiger partial charge < -0.3 is 4.74 Å². The Morgan fingerprint density at radius 2 is 2.20 bits per heavy atom. The lowest BCUT2D eigenvalue weighted by molar-refractivity contribution is -0.152. The first-order valence-corrected chi connectivity index (χ1v) is 8.23. The molecular formula is C16H23NO2S. The van der Waals surface area contributed by atoms with Crippen LogP contribution < -0.4 is 5.32 Å². The number of nitrogens with one attached hydrogen (secondary N) is 1. The number of ether oxygens (including phenoxy) is 1. The molecule has 2 rings (SSSR count). The van der Waals surface area contributed by atoms with Gasteiger partial charge in [0, 0.05) is 10.6 Å². The summed E-state index contributed by atoms with van der Waals surface area (Å²) in [6, 6.07) is 8.15. The van der Waals surface area contributed by atoms with E-state index in [1.54, 1.807) is 0 Å². The molecule has 1 aromatic carbocycles. The number of fused-ring (bicyclic) bond motifs is 1. The van der Waals surface area contributed by atoms with Gasteiger partial charge in [0.1, 0.15) is 5.54 Å². The summed E-state index contributed by atoms with van der Waals surface area (Å²) in [6.07, 6.45) is 0.778. The van der Waals surface area contributed by atoms with E-state index < -0.39 is 5.54 Å². The SMILES string of the molecule is CCOC(=O)C1(NCC(C)C)CCSc2ccccc21. The number of hydrogen-bond acceptors (Lipinski definition) is 4. The maximum absolute atomic E-state index is 12.6. The molecule has 0 amide bonds. The van der Waals surface area contributed by atoms with E-state index >= 15 is 0 Å². The highest BCUT2D eigenvalue weighted by molar-refractivity contribution is 7.99. The smallest absolute Gasteiger partial charge is 0.331 e. The molecule has 1 aromatic rings. The van der Waals surface area contributed by atoms with Crippen LogP contribution in [0.4, 0.5) is 0 Å². The standard InChI is InChI=1S/C16H23NO2S/c1-4-19-15(18)16(17-11-12(2)3)9-10-20-14-8-6-5-7-13(14)16/h5-8,12,17H,4,9-11H2,1-3H3. The van der Waals surface area contributed by atoms with E-state index in [1.165, 1.54) is 4.90 Å². The van der Waals surface area contributed by atoms with Crippen LogP contribution in [-0.4, -0.2) is 24.9 Å². The highest BCUT2D eigenvalue weighted by Gasteiger charge is 2.44. The Morgan fingerprint density at radius 1 is 1.45 bits per heavy atom. The second kappa shape index (κ2) is 6.64. The van der Waals surface area contributed by atoms with Gasteiger partial charge in [0.2, 0.25) is 0 Å². The van der Waals surface area contributed by atoms with E-state index in [0.29, 0.717) is 12.5 Å². The Labute approximate surface area is 125 Å². The monoisotopic (exact) mass is 293 g/mol. The first kappa shape index (κ1) is 15.4. The second-order valence-electron chi connectivity index (χ2n) is 5.50. The van der Waals surface area contributed by atoms with E-state index in [1.807, 2.05) is 36.9 Å². The lowest BCUT2D eigenvalue weighted by Gasteiger charge is -2.37. The number of esters is 1. The maximum atomic E-state index is 12.6. The molecule has 1 heterocycles. The third-order valence-corrected chi connectivity index (χ3v) is 4.59. The summed E-state index contributed by atoms with van der Waals surface area (Å²) in [7, 11) is 0. The fourth-order valence-electron chi connectivity index (χ4n) is 2.49. The van der Waals surface area contributed by atoms with Gasteiger partial charge in [0.05, 0.1) is 6.61 Å². The lowest BCUT2D eigenvalue weighted by atomic mass is 9.86. The second-order valence-corrected chi connectivity index (χ2v) is 6.63. The topological polar surface area (TPSA) is 38.3 Å². The minimum atomic E-state index is -0.678. The van der Waals surface area contributed by atoms with Crippen molar-refractivity contribution in [2.24, 2.45) is 5.92 Å². The minimum absolute atomic E-state index is 0.145. The number of benzene rings is 1. The third-order valence-electron chi connectivity index (χ3n) is 3.52. The zero-order valence-electron chi connectivity index (χ0n) is 12.4.